The minimum Gasteiger partial charge on any atom is -0.452 e. The molecule has 4 rings (SSSR count). The number of ketones is 2. The zero-order valence-electron chi connectivity index (χ0n) is 15.5. The average Bonchev–Trinajstić information content (AvgIpc) is 3.14. The number of nitrogens with one attached hydrogen (secondary N) is 1. The Bertz CT molecular complexity index is 1230. The monoisotopic (exact) mass is 424 g/mol. The molecule has 3 aromatic rings. The molecule has 2 aromatic carbocycles. The molecule has 0 spiro atoms. The predicted octanol–water partition coefficient (Wildman–Crippen LogP) is 3.21. The van der Waals surface area contributed by atoms with E-state index in [1.54, 1.807) is 25.1 Å². The summed E-state index contributed by atoms with van der Waals surface area (Å²) in [5.41, 5.74) is 0.420. The van der Waals surface area contributed by atoms with Crippen LogP contribution in [0.1, 0.15) is 48.0 Å². The van der Waals surface area contributed by atoms with E-state index in [0.717, 1.165) is 0 Å². The average molecular weight is 425 g/mol. The Hall–Kier alpha value is -3.78. The van der Waals surface area contributed by atoms with Crippen molar-refractivity contribution in [3.8, 4) is 0 Å². The molecule has 1 amide bonds. The number of benzene rings is 2. The van der Waals surface area contributed by atoms with Crippen molar-refractivity contribution < 1.29 is 28.4 Å². The summed E-state index contributed by atoms with van der Waals surface area (Å²) in [7, 11) is 0. The summed E-state index contributed by atoms with van der Waals surface area (Å²) < 4.78 is 9.81. The number of nitrogens with zero attached hydrogens (tertiary/aromatic N) is 1. The van der Waals surface area contributed by atoms with Gasteiger partial charge in [-0.2, -0.15) is 0 Å². The van der Waals surface area contributed by atoms with E-state index in [0.29, 0.717) is 5.76 Å². The maximum absolute atomic E-state index is 12.9. The van der Waals surface area contributed by atoms with Crippen LogP contribution in [0.25, 0.3) is 0 Å². The number of hydrogen-bond donors (Lipinski definition) is 1. The van der Waals surface area contributed by atoms with Gasteiger partial charge in [0.2, 0.25) is 0 Å². The third-order valence-corrected chi connectivity index (χ3v) is 4.87. The van der Waals surface area contributed by atoms with Gasteiger partial charge in [0.1, 0.15) is 5.76 Å². The number of aryl methyl sites for hydroxylation is 1. The maximum Gasteiger partial charge on any atom is 0.340 e. The van der Waals surface area contributed by atoms with E-state index in [4.69, 9.17) is 20.9 Å². The van der Waals surface area contributed by atoms with Gasteiger partial charge in [0.05, 0.1) is 16.1 Å². The zero-order chi connectivity index (χ0) is 21.4. The number of carbonyl (C=O) groups excluding carboxylic acids is 4. The fraction of sp³-hybridized carbons (Fsp3) is 0.0952. The molecule has 8 nitrogen and oxygen atoms in total. The molecule has 1 heterocycles. The highest BCUT2D eigenvalue weighted by molar-refractivity contribution is 6.41. The molecular weight excluding hydrogens is 412 g/mol. The van der Waals surface area contributed by atoms with E-state index >= 15 is 0 Å². The number of aromatic nitrogens is 1. The summed E-state index contributed by atoms with van der Waals surface area (Å²) >= 11 is 6.30. The highest BCUT2D eigenvalue weighted by atomic mass is 35.5. The Morgan fingerprint density at radius 2 is 1.77 bits per heavy atom. The lowest BCUT2D eigenvalue weighted by Gasteiger charge is -2.19. The number of amides is 1. The Balaban J connectivity index is 1.54. The lowest BCUT2D eigenvalue weighted by Crippen LogP contribution is -2.24. The predicted molar refractivity (Wildman–Crippen MR) is 105 cm³/mol. The Labute approximate surface area is 174 Å². The summed E-state index contributed by atoms with van der Waals surface area (Å²) in [4.78, 5) is 49.9. The van der Waals surface area contributed by atoms with Gasteiger partial charge in [0.15, 0.2) is 24.0 Å². The Kier molecular flexibility index (Phi) is 4.93. The van der Waals surface area contributed by atoms with Crippen LogP contribution >= 0.6 is 11.6 Å². The normalized spacial score (nSPS) is 12.2. The molecule has 0 aliphatic heterocycles. The van der Waals surface area contributed by atoms with E-state index in [2.05, 4.69) is 10.5 Å². The fourth-order valence-electron chi connectivity index (χ4n) is 3.12. The lowest BCUT2D eigenvalue weighted by molar-refractivity contribution is -0.119. The van der Waals surface area contributed by atoms with E-state index < -0.39 is 24.3 Å². The van der Waals surface area contributed by atoms with Crippen molar-refractivity contribution >= 4 is 40.9 Å². The molecule has 0 radical (unpaired) electrons. The van der Waals surface area contributed by atoms with Gasteiger partial charge in [0, 0.05) is 22.8 Å². The Morgan fingerprint density at radius 1 is 1.07 bits per heavy atom. The number of hydrogen-bond acceptors (Lipinski definition) is 7. The van der Waals surface area contributed by atoms with Crippen LogP contribution in [0.5, 0.6) is 0 Å². The van der Waals surface area contributed by atoms with Crippen molar-refractivity contribution in [3.05, 3.63) is 81.1 Å². The smallest absolute Gasteiger partial charge is 0.340 e. The molecular formula is C21H13ClN2O6. The molecule has 0 unspecified atom stereocenters. The highest BCUT2D eigenvalue weighted by Crippen LogP contribution is 2.34. The van der Waals surface area contributed by atoms with Gasteiger partial charge >= 0.3 is 5.97 Å². The number of fused-ring (bicyclic) bond motifs is 2. The van der Waals surface area contributed by atoms with E-state index in [1.165, 1.54) is 24.3 Å². The third-order valence-electron chi connectivity index (χ3n) is 4.48. The molecule has 150 valence electrons. The standard InChI is InChI=1S/C21H13ClN2O6/c1-10-8-15(24-30-10)23-16(25)9-29-21(28)14-7-6-13-17(18(14)22)20(27)12-5-3-2-4-11(12)19(13)26/h2-8H,9H2,1H3,(H,23,24,25). The second-order valence-electron chi connectivity index (χ2n) is 6.50. The molecule has 0 saturated heterocycles. The van der Waals surface area contributed by atoms with Crippen molar-refractivity contribution in [1.82, 2.24) is 5.16 Å². The van der Waals surface area contributed by atoms with Crippen LogP contribution in [0, 0.1) is 6.92 Å². The van der Waals surface area contributed by atoms with Crippen LogP contribution in [0.4, 0.5) is 5.82 Å². The van der Waals surface area contributed by atoms with Crippen LogP contribution in [0.3, 0.4) is 0 Å². The van der Waals surface area contributed by atoms with Crippen molar-refractivity contribution in [2.75, 3.05) is 11.9 Å². The first-order valence-corrected chi connectivity index (χ1v) is 9.16. The van der Waals surface area contributed by atoms with Gasteiger partial charge in [-0.15, -0.1) is 0 Å². The molecule has 0 saturated carbocycles. The largest absolute Gasteiger partial charge is 0.452 e. The van der Waals surface area contributed by atoms with E-state index in [9.17, 15) is 19.2 Å². The van der Waals surface area contributed by atoms with Gasteiger partial charge in [-0.3, -0.25) is 14.4 Å². The van der Waals surface area contributed by atoms with Gasteiger partial charge in [-0.05, 0) is 19.1 Å². The molecule has 9 heteroatoms. The van der Waals surface area contributed by atoms with Gasteiger partial charge in [-0.1, -0.05) is 41.0 Å². The van der Waals surface area contributed by atoms with Crippen molar-refractivity contribution in [3.63, 3.8) is 0 Å². The molecule has 0 bridgehead atoms. The van der Waals surface area contributed by atoms with Crippen LogP contribution in [0.15, 0.2) is 47.0 Å². The van der Waals surface area contributed by atoms with E-state index in [1.807, 2.05) is 0 Å². The first kappa shape index (κ1) is 19.5. The molecule has 1 aliphatic carbocycles. The second-order valence-corrected chi connectivity index (χ2v) is 6.88. The highest BCUT2D eigenvalue weighted by Gasteiger charge is 2.33. The topological polar surface area (TPSA) is 116 Å². The van der Waals surface area contributed by atoms with Crippen molar-refractivity contribution in [2.45, 2.75) is 6.92 Å². The summed E-state index contributed by atoms with van der Waals surface area (Å²) in [6, 6.07) is 10.5. The van der Waals surface area contributed by atoms with E-state index in [-0.39, 0.29) is 44.4 Å². The number of ether oxygens (including phenoxy) is 1. The maximum atomic E-state index is 12.9. The third kappa shape index (κ3) is 3.37. The number of carbonyl (C=O) groups is 4. The van der Waals surface area contributed by atoms with Gasteiger partial charge in [-0.25, -0.2) is 4.79 Å². The van der Waals surface area contributed by atoms with Gasteiger partial charge in [0.25, 0.3) is 5.91 Å². The fourth-order valence-corrected chi connectivity index (χ4v) is 3.44. The van der Waals surface area contributed by atoms with Crippen LogP contribution in [-0.4, -0.2) is 35.2 Å². The molecule has 1 N–H and O–H groups in total. The van der Waals surface area contributed by atoms with Crippen molar-refractivity contribution in [1.29, 1.82) is 0 Å². The summed E-state index contributed by atoms with van der Waals surface area (Å²) in [6.45, 7) is 1.05. The zero-order valence-corrected chi connectivity index (χ0v) is 16.3. The molecule has 1 aliphatic rings. The quantitative estimate of drug-likeness (QED) is 0.500. The SMILES string of the molecule is Cc1cc(NC(=O)COC(=O)c2ccc3c(c2Cl)C(=O)c2ccccc2C3=O)no1. The van der Waals surface area contributed by atoms with Crippen molar-refractivity contribution in [2.24, 2.45) is 0 Å². The molecule has 30 heavy (non-hydrogen) atoms. The Morgan fingerprint density at radius 3 is 2.43 bits per heavy atom. The van der Waals surface area contributed by atoms with Crippen LogP contribution in [-0.2, 0) is 9.53 Å². The second kappa shape index (κ2) is 7.57. The molecule has 0 fully saturated rings. The minimum atomic E-state index is -0.909. The number of rotatable bonds is 4. The minimum absolute atomic E-state index is 0.0580. The number of halogens is 1. The summed E-state index contributed by atoms with van der Waals surface area (Å²) in [6.07, 6.45) is 0. The van der Waals surface area contributed by atoms with Crippen LogP contribution < -0.4 is 5.32 Å². The lowest BCUT2D eigenvalue weighted by atomic mass is 9.83. The van der Waals surface area contributed by atoms with Crippen LogP contribution in [0.2, 0.25) is 5.02 Å². The first-order valence-electron chi connectivity index (χ1n) is 8.78. The number of anilines is 1. The number of esters is 1. The summed E-state index contributed by atoms with van der Waals surface area (Å²) in [5, 5.41) is 5.81. The first-order chi connectivity index (χ1) is 14.4. The molecule has 0 atom stereocenters. The van der Waals surface area contributed by atoms with Gasteiger partial charge < -0.3 is 14.6 Å². The molecule has 1 aromatic heterocycles. The summed E-state index contributed by atoms with van der Waals surface area (Å²) in [5.74, 6) is -1.67.